The fourth-order valence-corrected chi connectivity index (χ4v) is 6.49. The predicted molar refractivity (Wildman–Crippen MR) is 157 cm³/mol. The molecule has 226 valence electrons. The van der Waals surface area contributed by atoms with Crippen LogP contribution in [0.15, 0.2) is 18.2 Å². The smallest absolute Gasteiger partial charge is 0.407 e. The van der Waals surface area contributed by atoms with E-state index in [-0.39, 0.29) is 30.4 Å². The van der Waals surface area contributed by atoms with Crippen LogP contribution in [0.25, 0.3) is 0 Å². The Balaban J connectivity index is 1.05. The number of nitrogens with zero attached hydrogens (tertiary/aromatic N) is 3. The van der Waals surface area contributed by atoms with Gasteiger partial charge in [-0.3, -0.25) is 29.5 Å². The molecule has 1 aromatic carbocycles. The zero-order valence-corrected chi connectivity index (χ0v) is 25.0. The summed E-state index contributed by atoms with van der Waals surface area (Å²) in [6.07, 6.45) is 5.18. The lowest BCUT2D eigenvalue weighted by atomic mass is 9.90. The van der Waals surface area contributed by atoms with E-state index in [4.69, 9.17) is 4.74 Å². The Morgan fingerprint density at radius 3 is 2.48 bits per heavy atom. The fraction of sp³-hybridized carbons (Fsp3) is 0.625. The highest BCUT2D eigenvalue weighted by Gasteiger charge is 2.39. The van der Waals surface area contributed by atoms with E-state index in [2.05, 4.69) is 32.3 Å². The van der Waals surface area contributed by atoms with E-state index in [1.54, 1.807) is 11.0 Å². The van der Waals surface area contributed by atoms with Crippen LogP contribution in [0.2, 0.25) is 0 Å². The highest BCUT2D eigenvalue weighted by Crippen LogP contribution is 2.29. The minimum atomic E-state index is -0.619. The molecule has 0 spiro atoms. The Morgan fingerprint density at radius 2 is 1.79 bits per heavy atom. The molecule has 1 unspecified atom stereocenters. The van der Waals surface area contributed by atoms with Gasteiger partial charge in [-0.2, -0.15) is 0 Å². The number of amides is 4. The Kier molecular flexibility index (Phi) is 9.19. The van der Waals surface area contributed by atoms with Crippen LogP contribution in [0.5, 0.6) is 0 Å². The molecule has 10 heteroatoms. The molecule has 4 amide bonds. The molecule has 3 fully saturated rings. The van der Waals surface area contributed by atoms with Gasteiger partial charge in [0, 0.05) is 75.3 Å². The number of piperazine rings is 1. The summed E-state index contributed by atoms with van der Waals surface area (Å²) < 4.78 is 5.40. The number of carbonyl (C=O) groups is 4. The highest BCUT2D eigenvalue weighted by atomic mass is 16.6. The summed E-state index contributed by atoms with van der Waals surface area (Å²) in [6, 6.07) is 5.72. The molecule has 2 saturated heterocycles. The summed E-state index contributed by atoms with van der Waals surface area (Å²) in [5, 5.41) is 5.39. The molecule has 3 aliphatic heterocycles. The number of alkyl carbamates (subject to hydrolysis) is 1. The lowest BCUT2D eigenvalue weighted by Crippen LogP contribution is -2.52. The first-order valence-corrected chi connectivity index (χ1v) is 15.3. The summed E-state index contributed by atoms with van der Waals surface area (Å²) in [5.74, 6) is 5.73. The lowest BCUT2D eigenvalue weighted by molar-refractivity contribution is -0.136. The van der Waals surface area contributed by atoms with Crippen molar-refractivity contribution in [2.24, 2.45) is 0 Å². The van der Waals surface area contributed by atoms with Crippen molar-refractivity contribution >= 4 is 23.8 Å². The normalized spacial score (nSPS) is 25.4. The van der Waals surface area contributed by atoms with E-state index in [0.29, 0.717) is 24.6 Å². The summed E-state index contributed by atoms with van der Waals surface area (Å²) in [5.41, 5.74) is 1.81. The van der Waals surface area contributed by atoms with Gasteiger partial charge in [0.25, 0.3) is 5.91 Å². The first-order valence-electron chi connectivity index (χ1n) is 15.3. The minimum absolute atomic E-state index is 0.172. The first-order chi connectivity index (χ1) is 20.1. The van der Waals surface area contributed by atoms with E-state index in [0.717, 1.165) is 76.0 Å². The highest BCUT2D eigenvalue weighted by molar-refractivity contribution is 6.05. The molecule has 1 aromatic rings. The van der Waals surface area contributed by atoms with Crippen LogP contribution in [0.4, 0.5) is 4.79 Å². The van der Waals surface area contributed by atoms with Gasteiger partial charge in [0.15, 0.2) is 0 Å². The maximum atomic E-state index is 13.0. The van der Waals surface area contributed by atoms with E-state index < -0.39 is 17.6 Å². The Hall–Kier alpha value is -3.42. The maximum absolute atomic E-state index is 13.0. The van der Waals surface area contributed by atoms with Crippen LogP contribution in [0.1, 0.15) is 87.2 Å². The van der Waals surface area contributed by atoms with Crippen molar-refractivity contribution in [3.8, 4) is 11.8 Å². The van der Waals surface area contributed by atoms with Crippen LogP contribution in [-0.2, 0) is 20.9 Å². The Morgan fingerprint density at radius 1 is 1.05 bits per heavy atom. The summed E-state index contributed by atoms with van der Waals surface area (Å²) in [6.45, 7) is 11.0. The Bertz CT molecular complexity index is 1260. The van der Waals surface area contributed by atoms with Crippen LogP contribution in [-0.4, -0.2) is 95.0 Å². The molecule has 42 heavy (non-hydrogen) atoms. The number of piperidine rings is 1. The Labute approximate surface area is 248 Å². The third-order valence-corrected chi connectivity index (χ3v) is 8.70. The van der Waals surface area contributed by atoms with Crippen molar-refractivity contribution in [3.05, 3.63) is 34.9 Å². The molecule has 4 aliphatic rings. The van der Waals surface area contributed by atoms with E-state index >= 15 is 0 Å². The van der Waals surface area contributed by atoms with Crippen molar-refractivity contribution in [2.45, 2.75) is 96.0 Å². The SMILES string of the molecule is CC(C)(C)OC(=O)NC1CCC(N2CCN(CCC#Cc3cccc4c3CN(C3CCC(=O)NC3=O)C4=O)CC2)CC1. The van der Waals surface area contributed by atoms with Crippen molar-refractivity contribution in [1.82, 2.24) is 25.3 Å². The zero-order chi connectivity index (χ0) is 29.9. The fourth-order valence-electron chi connectivity index (χ4n) is 6.49. The second-order valence-corrected chi connectivity index (χ2v) is 12.8. The van der Waals surface area contributed by atoms with Gasteiger partial charge in [-0.15, -0.1) is 0 Å². The van der Waals surface area contributed by atoms with Gasteiger partial charge in [0.2, 0.25) is 11.8 Å². The number of ether oxygens (including phenoxy) is 1. The lowest BCUT2D eigenvalue weighted by Gasteiger charge is -2.42. The average molecular weight is 578 g/mol. The standard InChI is InChI=1S/C32H43N5O5/c1-32(2,3)42-31(41)33-23-10-12-24(13-11-23)36-19-17-35(18-20-36)16-5-4-7-22-8-6-9-25-26(22)21-37(30(25)40)27-14-15-28(38)34-29(27)39/h6,8-9,23-24,27H,5,10-21H2,1-3H3,(H,33,41)(H,34,38,39). The molecule has 5 rings (SSSR count). The average Bonchev–Trinajstić information content (AvgIpc) is 3.27. The van der Waals surface area contributed by atoms with Gasteiger partial charge in [-0.25, -0.2) is 4.79 Å². The summed E-state index contributed by atoms with van der Waals surface area (Å²) in [4.78, 5) is 55.7. The molecule has 0 radical (unpaired) electrons. The van der Waals surface area contributed by atoms with Crippen LogP contribution >= 0.6 is 0 Å². The van der Waals surface area contributed by atoms with Crippen molar-refractivity contribution in [3.63, 3.8) is 0 Å². The molecule has 10 nitrogen and oxygen atoms in total. The summed E-state index contributed by atoms with van der Waals surface area (Å²) in [7, 11) is 0. The maximum Gasteiger partial charge on any atom is 0.407 e. The first kappa shape index (κ1) is 30.1. The monoisotopic (exact) mass is 577 g/mol. The van der Waals surface area contributed by atoms with Crippen molar-refractivity contribution < 1.29 is 23.9 Å². The number of benzene rings is 1. The van der Waals surface area contributed by atoms with Gasteiger partial charge in [0.05, 0.1) is 0 Å². The van der Waals surface area contributed by atoms with Crippen molar-refractivity contribution in [1.29, 1.82) is 0 Å². The number of rotatable bonds is 5. The number of hydrogen-bond donors (Lipinski definition) is 2. The molecule has 1 aliphatic carbocycles. The van der Waals surface area contributed by atoms with Crippen LogP contribution < -0.4 is 10.6 Å². The molecular formula is C32H43N5O5. The zero-order valence-electron chi connectivity index (χ0n) is 25.0. The van der Waals surface area contributed by atoms with Crippen molar-refractivity contribution in [2.75, 3.05) is 32.7 Å². The summed E-state index contributed by atoms with van der Waals surface area (Å²) >= 11 is 0. The third kappa shape index (κ3) is 7.31. The molecule has 0 bridgehead atoms. The quantitative estimate of drug-likeness (QED) is 0.409. The third-order valence-electron chi connectivity index (χ3n) is 8.70. The van der Waals surface area contributed by atoms with Gasteiger partial charge in [0.1, 0.15) is 11.6 Å². The largest absolute Gasteiger partial charge is 0.444 e. The number of nitrogens with one attached hydrogen (secondary N) is 2. The second-order valence-electron chi connectivity index (χ2n) is 12.8. The molecule has 1 atom stereocenters. The number of fused-ring (bicyclic) bond motifs is 1. The van der Waals surface area contributed by atoms with E-state index in [9.17, 15) is 19.2 Å². The van der Waals surface area contributed by atoms with Gasteiger partial charge < -0.3 is 15.0 Å². The number of hydrogen-bond acceptors (Lipinski definition) is 7. The molecule has 1 saturated carbocycles. The molecule has 2 N–H and O–H groups in total. The topological polar surface area (TPSA) is 111 Å². The van der Waals surface area contributed by atoms with Crippen LogP contribution in [0, 0.1) is 11.8 Å². The second kappa shape index (κ2) is 12.8. The van der Waals surface area contributed by atoms with Gasteiger partial charge in [-0.1, -0.05) is 17.9 Å². The van der Waals surface area contributed by atoms with E-state index in [1.807, 2.05) is 32.9 Å². The van der Waals surface area contributed by atoms with Gasteiger partial charge in [-0.05, 0) is 70.6 Å². The molecule has 0 aromatic heterocycles. The van der Waals surface area contributed by atoms with Crippen LogP contribution in [0.3, 0.4) is 0 Å². The molecule has 3 heterocycles. The molecular weight excluding hydrogens is 534 g/mol. The minimum Gasteiger partial charge on any atom is -0.444 e. The predicted octanol–water partition coefficient (Wildman–Crippen LogP) is 2.64. The number of imide groups is 1. The number of carbonyl (C=O) groups excluding carboxylic acids is 4. The van der Waals surface area contributed by atoms with E-state index in [1.165, 1.54) is 0 Å². The van der Waals surface area contributed by atoms with Gasteiger partial charge >= 0.3 is 6.09 Å².